The number of sulfonamides is 1. The van der Waals surface area contributed by atoms with Crippen molar-refractivity contribution in [3.8, 4) is 0 Å². The van der Waals surface area contributed by atoms with Gasteiger partial charge >= 0.3 is 0 Å². The van der Waals surface area contributed by atoms with Crippen LogP contribution in [0.5, 0.6) is 0 Å². The van der Waals surface area contributed by atoms with Gasteiger partial charge in [0.05, 0.1) is 4.90 Å². The fourth-order valence-corrected chi connectivity index (χ4v) is 2.23. The Labute approximate surface area is 102 Å². The molecule has 94 valence electrons. The molecule has 1 N–H and O–H groups in total. The second kappa shape index (κ2) is 5.93. The van der Waals surface area contributed by atoms with E-state index in [-0.39, 0.29) is 10.7 Å². The molecule has 0 aromatic heterocycles. The molecule has 17 heavy (non-hydrogen) atoms. The highest BCUT2D eigenvalue weighted by Gasteiger charge is 2.11. The Morgan fingerprint density at radius 1 is 1.24 bits per heavy atom. The second-order valence-electron chi connectivity index (χ2n) is 3.82. The molecule has 0 fully saturated rings. The van der Waals surface area contributed by atoms with E-state index in [0.717, 1.165) is 12.0 Å². The van der Waals surface area contributed by atoms with Gasteiger partial charge in [0, 0.05) is 12.8 Å². The van der Waals surface area contributed by atoms with Gasteiger partial charge in [-0.25, -0.2) is 13.1 Å². The van der Waals surface area contributed by atoms with Crippen LogP contribution in [0.1, 0.15) is 25.3 Å². The maximum Gasteiger partial charge on any atom is 0.240 e. The van der Waals surface area contributed by atoms with E-state index < -0.39 is 10.0 Å². The van der Waals surface area contributed by atoms with Gasteiger partial charge in [-0.05, 0) is 31.2 Å². The van der Waals surface area contributed by atoms with E-state index in [2.05, 4.69) is 4.72 Å². The zero-order chi connectivity index (χ0) is 12.9. The van der Waals surface area contributed by atoms with Crippen LogP contribution in [-0.4, -0.2) is 21.2 Å². The highest BCUT2D eigenvalue weighted by molar-refractivity contribution is 7.89. The van der Waals surface area contributed by atoms with Crippen LogP contribution in [0.4, 0.5) is 0 Å². The van der Waals surface area contributed by atoms with Gasteiger partial charge in [0.2, 0.25) is 10.0 Å². The van der Waals surface area contributed by atoms with Crippen molar-refractivity contribution < 1.29 is 13.2 Å². The summed E-state index contributed by atoms with van der Waals surface area (Å²) < 4.78 is 25.2. The largest absolute Gasteiger partial charge is 0.299 e. The topological polar surface area (TPSA) is 63.2 Å². The first-order valence-corrected chi connectivity index (χ1v) is 7.02. The summed E-state index contributed by atoms with van der Waals surface area (Å²) in [6.07, 6.45) is 1.77. The van der Waals surface area contributed by atoms with Crippen molar-refractivity contribution in [2.24, 2.45) is 0 Å². The summed E-state index contributed by atoms with van der Waals surface area (Å²) in [6.45, 7) is 1.96. The van der Waals surface area contributed by atoms with E-state index in [1.807, 2.05) is 6.92 Å². The first kappa shape index (κ1) is 13.9. The molecule has 0 aliphatic heterocycles. The minimum Gasteiger partial charge on any atom is -0.299 e. The van der Waals surface area contributed by atoms with E-state index in [0.29, 0.717) is 12.8 Å². The van der Waals surface area contributed by atoms with E-state index in [9.17, 15) is 13.2 Å². The van der Waals surface area contributed by atoms with Gasteiger partial charge in [-0.3, -0.25) is 4.79 Å². The summed E-state index contributed by atoms with van der Waals surface area (Å²) in [7, 11) is -2.02. The lowest BCUT2D eigenvalue weighted by Gasteiger charge is -2.04. The molecule has 0 unspecified atom stereocenters. The number of carbonyl (C=O) groups excluding carboxylic acids is 1. The zero-order valence-electron chi connectivity index (χ0n) is 10.1. The Morgan fingerprint density at radius 2 is 1.82 bits per heavy atom. The van der Waals surface area contributed by atoms with Crippen molar-refractivity contribution in [3.05, 3.63) is 29.8 Å². The predicted octanol–water partition coefficient (Wildman–Crippen LogP) is 1.51. The van der Waals surface area contributed by atoms with Crippen LogP contribution in [-0.2, 0) is 21.2 Å². The van der Waals surface area contributed by atoms with Crippen molar-refractivity contribution in [3.63, 3.8) is 0 Å². The zero-order valence-corrected chi connectivity index (χ0v) is 10.9. The number of nitrogens with one attached hydrogen (secondary N) is 1. The standard InChI is InChI=1S/C12H17NO3S/c1-3-4-11(14)9-10-5-7-12(8-6-10)17(15,16)13-2/h5-8,13H,3-4,9H2,1-2H3. The fourth-order valence-electron chi connectivity index (χ4n) is 1.50. The number of ketones is 1. The summed E-state index contributed by atoms with van der Waals surface area (Å²) in [6, 6.07) is 6.39. The average molecular weight is 255 g/mol. The lowest BCUT2D eigenvalue weighted by atomic mass is 10.1. The first-order valence-electron chi connectivity index (χ1n) is 5.53. The van der Waals surface area contributed by atoms with Crippen molar-refractivity contribution in [1.82, 2.24) is 4.72 Å². The molecule has 0 aliphatic carbocycles. The first-order chi connectivity index (χ1) is 7.99. The maximum absolute atomic E-state index is 11.5. The Balaban J connectivity index is 2.79. The number of benzene rings is 1. The second-order valence-corrected chi connectivity index (χ2v) is 5.70. The fraction of sp³-hybridized carbons (Fsp3) is 0.417. The van der Waals surface area contributed by atoms with Crippen LogP contribution < -0.4 is 4.72 Å². The highest BCUT2D eigenvalue weighted by Crippen LogP contribution is 2.11. The summed E-state index contributed by atoms with van der Waals surface area (Å²) in [4.78, 5) is 11.6. The molecule has 0 spiro atoms. The molecule has 0 radical (unpaired) electrons. The third kappa shape index (κ3) is 3.94. The highest BCUT2D eigenvalue weighted by atomic mass is 32.2. The lowest BCUT2D eigenvalue weighted by molar-refractivity contribution is -0.118. The van der Waals surface area contributed by atoms with Gasteiger partial charge in [0.25, 0.3) is 0 Å². The van der Waals surface area contributed by atoms with Crippen LogP contribution in [0, 0.1) is 0 Å². The van der Waals surface area contributed by atoms with Crippen LogP contribution >= 0.6 is 0 Å². The molecule has 5 heteroatoms. The van der Waals surface area contributed by atoms with Gasteiger partial charge in [0.1, 0.15) is 5.78 Å². The number of hydrogen-bond donors (Lipinski definition) is 1. The van der Waals surface area contributed by atoms with Crippen LogP contribution in [0.3, 0.4) is 0 Å². The Kier molecular flexibility index (Phi) is 4.84. The van der Waals surface area contributed by atoms with E-state index in [1.165, 1.54) is 19.2 Å². The third-order valence-corrected chi connectivity index (χ3v) is 3.86. The molecule has 0 aliphatic rings. The summed E-state index contributed by atoms with van der Waals surface area (Å²) in [5, 5.41) is 0. The number of rotatable bonds is 6. The van der Waals surface area contributed by atoms with E-state index in [1.54, 1.807) is 12.1 Å². The van der Waals surface area contributed by atoms with Crippen molar-refractivity contribution in [1.29, 1.82) is 0 Å². The summed E-state index contributed by atoms with van der Waals surface area (Å²) in [5.41, 5.74) is 0.846. The van der Waals surface area contributed by atoms with Gasteiger partial charge in [-0.1, -0.05) is 19.1 Å². The minimum absolute atomic E-state index is 0.178. The molecule has 0 heterocycles. The quantitative estimate of drug-likeness (QED) is 0.838. The van der Waals surface area contributed by atoms with Crippen LogP contribution in [0.25, 0.3) is 0 Å². The van der Waals surface area contributed by atoms with Gasteiger partial charge in [0.15, 0.2) is 0 Å². The predicted molar refractivity (Wildman–Crippen MR) is 66.3 cm³/mol. The molecular formula is C12H17NO3S. The Hall–Kier alpha value is -1.20. The van der Waals surface area contributed by atoms with Crippen LogP contribution in [0.2, 0.25) is 0 Å². The molecule has 0 saturated carbocycles. The molecule has 1 aromatic carbocycles. The van der Waals surface area contributed by atoms with Crippen LogP contribution in [0.15, 0.2) is 29.2 Å². The minimum atomic E-state index is -3.39. The lowest BCUT2D eigenvalue weighted by Crippen LogP contribution is -2.18. The number of hydrogen-bond acceptors (Lipinski definition) is 3. The molecule has 0 bridgehead atoms. The molecule has 0 amide bonds. The van der Waals surface area contributed by atoms with Gasteiger partial charge in [-0.15, -0.1) is 0 Å². The third-order valence-electron chi connectivity index (χ3n) is 2.43. The summed E-state index contributed by atoms with van der Waals surface area (Å²) >= 11 is 0. The maximum atomic E-state index is 11.5. The SMILES string of the molecule is CCCC(=O)Cc1ccc(S(=O)(=O)NC)cc1. The molecule has 1 rings (SSSR count). The van der Waals surface area contributed by atoms with Crippen molar-refractivity contribution >= 4 is 15.8 Å². The monoisotopic (exact) mass is 255 g/mol. The van der Waals surface area contributed by atoms with Crippen molar-refractivity contribution in [2.75, 3.05) is 7.05 Å². The number of carbonyl (C=O) groups is 1. The molecular weight excluding hydrogens is 238 g/mol. The smallest absolute Gasteiger partial charge is 0.240 e. The van der Waals surface area contributed by atoms with Gasteiger partial charge in [-0.2, -0.15) is 0 Å². The average Bonchev–Trinajstić information content (AvgIpc) is 2.30. The number of Topliss-reactive ketones (excluding diaryl/α,β-unsaturated/α-hetero) is 1. The molecule has 0 saturated heterocycles. The Bertz CT molecular complexity index is 477. The Morgan fingerprint density at radius 3 is 2.29 bits per heavy atom. The summed E-state index contributed by atoms with van der Waals surface area (Å²) in [5.74, 6) is 0.178. The van der Waals surface area contributed by atoms with Crippen molar-refractivity contribution in [2.45, 2.75) is 31.1 Å². The van der Waals surface area contributed by atoms with E-state index in [4.69, 9.17) is 0 Å². The molecule has 1 aromatic rings. The molecule has 4 nitrogen and oxygen atoms in total. The normalized spacial score (nSPS) is 11.4. The van der Waals surface area contributed by atoms with E-state index >= 15 is 0 Å². The van der Waals surface area contributed by atoms with Gasteiger partial charge < -0.3 is 0 Å². The molecule has 0 atom stereocenters.